The zero-order chi connectivity index (χ0) is 14.9. The molecule has 2 N–H and O–H groups in total. The predicted molar refractivity (Wildman–Crippen MR) is 72.4 cm³/mol. The molecule has 0 aliphatic carbocycles. The average molecular weight is 318 g/mol. The number of benzene rings is 2. The van der Waals surface area contributed by atoms with Crippen LogP contribution >= 0.6 is 23.2 Å². The normalized spacial score (nSPS) is 10.4. The topological polar surface area (TPSA) is 49.3 Å². The van der Waals surface area contributed by atoms with Gasteiger partial charge >= 0.3 is 0 Å². The number of carbonyl (C=O) groups is 1. The molecule has 2 aromatic carbocycles. The number of halogens is 4. The lowest BCUT2D eigenvalue weighted by Crippen LogP contribution is -2.13. The van der Waals surface area contributed by atoms with E-state index in [0.717, 1.165) is 12.1 Å². The first-order valence-electron chi connectivity index (χ1n) is 5.33. The highest BCUT2D eigenvalue weighted by Crippen LogP contribution is 2.31. The molecular formula is C13H7Cl2F2NO2. The lowest BCUT2D eigenvalue weighted by Gasteiger charge is -2.09. The molecule has 0 bridgehead atoms. The van der Waals surface area contributed by atoms with Crippen LogP contribution in [0.3, 0.4) is 0 Å². The number of anilines is 1. The summed E-state index contributed by atoms with van der Waals surface area (Å²) in [5, 5.41) is 11.9. The largest absolute Gasteiger partial charge is 0.506 e. The minimum atomic E-state index is -0.939. The first-order valence-corrected chi connectivity index (χ1v) is 6.08. The number of amides is 1. The van der Waals surface area contributed by atoms with Crippen molar-refractivity contribution < 1.29 is 18.7 Å². The lowest BCUT2D eigenvalue weighted by molar-refractivity contribution is 0.102. The monoisotopic (exact) mass is 317 g/mol. The molecule has 0 saturated heterocycles. The standard InChI is InChI=1S/C13H7Cl2F2NO2/c14-6-3-8(12(19)9(15)4-6)13(20)18-11-2-1-7(16)5-10(11)17/h1-5,19H,(H,18,20). The maximum atomic E-state index is 13.4. The fraction of sp³-hybridized carbons (Fsp3) is 0. The van der Waals surface area contributed by atoms with Crippen LogP contribution in [0.1, 0.15) is 10.4 Å². The van der Waals surface area contributed by atoms with Crippen molar-refractivity contribution in [3.05, 3.63) is 57.6 Å². The van der Waals surface area contributed by atoms with E-state index in [-0.39, 0.29) is 21.3 Å². The molecule has 7 heteroatoms. The highest BCUT2D eigenvalue weighted by atomic mass is 35.5. The third kappa shape index (κ3) is 3.00. The Labute approximate surface area is 122 Å². The molecule has 0 aromatic heterocycles. The fourth-order valence-electron chi connectivity index (χ4n) is 1.52. The summed E-state index contributed by atoms with van der Waals surface area (Å²) in [6, 6.07) is 5.11. The third-order valence-corrected chi connectivity index (χ3v) is 2.96. The first kappa shape index (κ1) is 14.6. The van der Waals surface area contributed by atoms with Crippen molar-refractivity contribution in [2.45, 2.75) is 0 Å². The molecule has 0 aliphatic rings. The summed E-state index contributed by atoms with van der Waals surface area (Å²) in [4.78, 5) is 11.9. The van der Waals surface area contributed by atoms with Gasteiger partial charge in [-0.2, -0.15) is 0 Å². The molecule has 1 amide bonds. The van der Waals surface area contributed by atoms with Gasteiger partial charge in [0.1, 0.15) is 17.4 Å². The van der Waals surface area contributed by atoms with Crippen molar-refractivity contribution in [3.63, 3.8) is 0 Å². The van der Waals surface area contributed by atoms with Crippen molar-refractivity contribution in [1.29, 1.82) is 0 Å². The fourth-order valence-corrected chi connectivity index (χ4v) is 2.01. The Balaban J connectivity index is 2.33. The van der Waals surface area contributed by atoms with Crippen LogP contribution in [0, 0.1) is 11.6 Å². The summed E-state index contributed by atoms with van der Waals surface area (Å²) >= 11 is 11.4. The van der Waals surface area contributed by atoms with Crippen LogP contribution < -0.4 is 5.32 Å². The van der Waals surface area contributed by atoms with Crippen LogP contribution in [0.25, 0.3) is 0 Å². The molecule has 3 nitrogen and oxygen atoms in total. The minimum Gasteiger partial charge on any atom is -0.506 e. The highest BCUT2D eigenvalue weighted by molar-refractivity contribution is 6.36. The van der Waals surface area contributed by atoms with Crippen molar-refractivity contribution in [2.24, 2.45) is 0 Å². The van der Waals surface area contributed by atoms with Crippen LogP contribution in [-0.4, -0.2) is 11.0 Å². The second-order valence-corrected chi connectivity index (χ2v) is 4.71. The molecule has 0 aliphatic heterocycles. The van der Waals surface area contributed by atoms with Gasteiger partial charge < -0.3 is 10.4 Å². The molecule has 20 heavy (non-hydrogen) atoms. The molecule has 2 aromatic rings. The zero-order valence-electron chi connectivity index (χ0n) is 9.75. The zero-order valence-corrected chi connectivity index (χ0v) is 11.3. The summed E-state index contributed by atoms with van der Waals surface area (Å²) in [6.07, 6.45) is 0. The maximum absolute atomic E-state index is 13.4. The lowest BCUT2D eigenvalue weighted by atomic mass is 10.1. The van der Waals surface area contributed by atoms with E-state index in [4.69, 9.17) is 23.2 Å². The van der Waals surface area contributed by atoms with E-state index < -0.39 is 23.3 Å². The summed E-state index contributed by atoms with van der Waals surface area (Å²) < 4.78 is 26.2. The van der Waals surface area contributed by atoms with Gasteiger partial charge in [-0.05, 0) is 24.3 Å². The van der Waals surface area contributed by atoms with E-state index in [2.05, 4.69) is 5.32 Å². The van der Waals surface area contributed by atoms with Crippen LogP contribution in [0.4, 0.5) is 14.5 Å². The number of nitrogens with one attached hydrogen (secondary N) is 1. The van der Waals surface area contributed by atoms with Gasteiger partial charge in [0.05, 0.1) is 16.3 Å². The summed E-state index contributed by atoms with van der Waals surface area (Å²) in [5.74, 6) is -3.01. The van der Waals surface area contributed by atoms with E-state index in [1.54, 1.807) is 0 Å². The summed E-state index contributed by atoms with van der Waals surface area (Å²) in [7, 11) is 0. The highest BCUT2D eigenvalue weighted by Gasteiger charge is 2.17. The van der Waals surface area contributed by atoms with Gasteiger partial charge in [0, 0.05) is 11.1 Å². The molecule has 0 saturated carbocycles. The Morgan fingerprint density at radius 3 is 2.50 bits per heavy atom. The van der Waals surface area contributed by atoms with Gasteiger partial charge in [-0.1, -0.05) is 23.2 Å². The molecule has 0 spiro atoms. The SMILES string of the molecule is O=C(Nc1ccc(F)cc1F)c1cc(Cl)cc(Cl)c1O. The van der Waals surface area contributed by atoms with Gasteiger partial charge in [0.15, 0.2) is 0 Å². The number of phenolic OH excluding ortho intramolecular Hbond substituents is 1. The molecule has 2 rings (SSSR count). The molecular weight excluding hydrogens is 311 g/mol. The Morgan fingerprint density at radius 1 is 1.15 bits per heavy atom. The molecule has 0 radical (unpaired) electrons. The molecule has 0 atom stereocenters. The number of aromatic hydroxyl groups is 1. The Kier molecular flexibility index (Phi) is 4.11. The predicted octanol–water partition coefficient (Wildman–Crippen LogP) is 4.23. The van der Waals surface area contributed by atoms with Crippen LogP contribution in [-0.2, 0) is 0 Å². The van der Waals surface area contributed by atoms with Crippen molar-refractivity contribution >= 4 is 34.8 Å². The van der Waals surface area contributed by atoms with E-state index in [0.29, 0.717) is 6.07 Å². The van der Waals surface area contributed by atoms with Crippen molar-refractivity contribution in [3.8, 4) is 5.75 Å². The Hall–Kier alpha value is -1.85. The second-order valence-electron chi connectivity index (χ2n) is 3.86. The van der Waals surface area contributed by atoms with Crippen LogP contribution in [0.2, 0.25) is 10.0 Å². The van der Waals surface area contributed by atoms with E-state index >= 15 is 0 Å². The van der Waals surface area contributed by atoms with Gasteiger partial charge in [0.2, 0.25) is 0 Å². The van der Waals surface area contributed by atoms with Crippen molar-refractivity contribution in [1.82, 2.24) is 0 Å². The maximum Gasteiger partial charge on any atom is 0.259 e. The molecule has 104 valence electrons. The van der Waals surface area contributed by atoms with Gasteiger partial charge in [-0.15, -0.1) is 0 Å². The number of carbonyl (C=O) groups excluding carboxylic acids is 1. The average Bonchev–Trinajstić information content (AvgIpc) is 2.37. The quantitative estimate of drug-likeness (QED) is 0.870. The van der Waals surface area contributed by atoms with Gasteiger partial charge in [0.25, 0.3) is 5.91 Å². The van der Waals surface area contributed by atoms with Crippen molar-refractivity contribution in [2.75, 3.05) is 5.32 Å². The smallest absolute Gasteiger partial charge is 0.259 e. The number of hydrogen-bond donors (Lipinski definition) is 2. The number of rotatable bonds is 2. The molecule has 0 fully saturated rings. The molecule has 0 unspecified atom stereocenters. The first-order chi connectivity index (χ1) is 9.38. The van der Waals surface area contributed by atoms with Gasteiger partial charge in [-0.3, -0.25) is 4.79 Å². The number of phenols is 1. The van der Waals surface area contributed by atoms with E-state index in [1.165, 1.54) is 12.1 Å². The Morgan fingerprint density at radius 2 is 1.85 bits per heavy atom. The second kappa shape index (κ2) is 5.64. The third-order valence-electron chi connectivity index (χ3n) is 2.45. The minimum absolute atomic E-state index is 0.109. The summed E-state index contributed by atoms with van der Waals surface area (Å²) in [6.45, 7) is 0. The van der Waals surface area contributed by atoms with E-state index in [1.807, 2.05) is 0 Å². The summed E-state index contributed by atoms with van der Waals surface area (Å²) in [5.41, 5.74) is -0.446. The molecule has 0 heterocycles. The van der Waals surface area contributed by atoms with Crippen LogP contribution in [0.15, 0.2) is 30.3 Å². The van der Waals surface area contributed by atoms with E-state index in [9.17, 15) is 18.7 Å². The van der Waals surface area contributed by atoms with Gasteiger partial charge in [-0.25, -0.2) is 8.78 Å². The van der Waals surface area contributed by atoms with Crippen LogP contribution in [0.5, 0.6) is 5.75 Å². The number of hydrogen-bond acceptors (Lipinski definition) is 2. The Bertz CT molecular complexity index is 692.